The molecule has 0 spiro atoms. The quantitative estimate of drug-likeness (QED) is 0.728. The summed E-state index contributed by atoms with van der Waals surface area (Å²) in [6.45, 7) is 13.7. The van der Waals surface area contributed by atoms with Crippen LogP contribution in [-0.4, -0.2) is 36.6 Å². The van der Waals surface area contributed by atoms with Crippen LogP contribution in [0.3, 0.4) is 0 Å². The van der Waals surface area contributed by atoms with Gasteiger partial charge in [-0.15, -0.1) is 11.3 Å². The molecule has 0 bridgehead atoms. The van der Waals surface area contributed by atoms with Crippen molar-refractivity contribution in [2.75, 3.05) is 6.54 Å². The monoisotopic (exact) mass is 399 g/mol. The van der Waals surface area contributed by atoms with E-state index in [0.717, 1.165) is 11.0 Å². The first kappa shape index (κ1) is 21.3. The van der Waals surface area contributed by atoms with Gasteiger partial charge in [-0.1, -0.05) is 17.7 Å². The molecule has 1 aliphatic rings. The van der Waals surface area contributed by atoms with Crippen LogP contribution in [0, 0.1) is 0 Å². The number of alkyl carbamates (subject to hydrolysis) is 1. The molecular weight excluding hydrogens is 373 g/mol. The van der Waals surface area contributed by atoms with Crippen molar-refractivity contribution in [3.63, 3.8) is 0 Å². The van der Waals surface area contributed by atoms with Gasteiger partial charge in [0.15, 0.2) is 0 Å². The van der Waals surface area contributed by atoms with E-state index in [4.69, 9.17) is 25.6 Å². The first-order valence-electron chi connectivity index (χ1n) is 8.57. The van der Waals surface area contributed by atoms with Crippen molar-refractivity contribution in [2.45, 2.75) is 65.3 Å². The molecule has 0 unspecified atom stereocenters. The van der Waals surface area contributed by atoms with Crippen LogP contribution in [0.25, 0.3) is 6.08 Å². The van der Waals surface area contributed by atoms with E-state index in [9.17, 15) is 4.79 Å². The van der Waals surface area contributed by atoms with E-state index in [1.807, 2.05) is 66.0 Å². The highest BCUT2D eigenvalue weighted by molar-refractivity contribution is 7.14. The zero-order chi connectivity index (χ0) is 19.8. The fourth-order valence-corrected chi connectivity index (χ4v) is 3.16. The molecule has 0 aromatic carbocycles. The molecule has 1 saturated heterocycles. The van der Waals surface area contributed by atoms with Crippen LogP contribution in [0.4, 0.5) is 4.79 Å². The number of amides is 1. The minimum absolute atomic E-state index is 0.234. The fraction of sp³-hybridized carbons (Fsp3) is 0.611. The van der Waals surface area contributed by atoms with E-state index >= 15 is 0 Å². The summed E-state index contributed by atoms with van der Waals surface area (Å²) in [6.07, 6.45) is 1.41. The highest BCUT2D eigenvalue weighted by Gasteiger charge is 2.52. The Bertz CT molecular complexity index is 678. The summed E-state index contributed by atoms with van der Waals surface area (Å²) >= 11 is 7.68. The molecular formula is C18H27BClNO4S. The Hall–Kier alpha value is -1.02. The van der Waals surface area contributed by atoms with E-state index in [1.54, 1.807) is 0 Å². The lowest BCUT2D eigenvalue weighted by Crippen LogP contribution is -2.41. The summed E-state index contributed by atoms with van der Waals surface area (Å²) in [5.41, 5.74) is 0.138. The molecule has 26 heavy (non-hydrogen) atoms. The van der Waals surface area contributed by atoms with Crippen molar-refractivity contribution in [1.82, 2.24) is 5.32 Å². The Morgan fingerprint density at radius 3 is 2.35 bits per heavy atom. The largest absolute Gasteiger partial charge is 0.492 e. The van der Waals surface area contributed by atoms with Crippen molar-refractivity contribution >= 4 is 42.2 Å². The minimum atomic E-state index is -0.578. The van der Waals surface area contributed by atoms with Crippen LogP contribution in [0.2, 0.25) is 4.34 Å². The lowest BCUT2D eigenvalue weighted by Gasteiger charge is -2.32. The Labute approximate surface area is 165 Å². The van der Waals surface area contributed by atoms with Crippen molar-refractivity contribution in [2.24, 2.45) is 0 Å². The average Bonchev–Trinajstić information content (AvgIpc) is 2.93. The van der Waals surface area contributed by atoms with E-state index in [1.165, 1.54) is 11.3 Å². The van der Waals surface area contributed by atoms with Gasteiger partial charge in [0.1, 0.15) is 9.94 Å². The van der Waals surface area contributed by atoms with Crippen molar-refractivity contribution < 1.29 is 18.8 Å². The van der Waals surface area contributed by atoms with E-state index in [0.29, 0.717) is 4.34 Å². The summed E-state index contributed by atoms with van der Waals surface area (Å²) < 4.78 is 18.2. The predicted molar refractivity (Wildman–Crippen MR) is 108 cm³/mol. The molecule has 2 rings (SSSR count). The lowest BCUT2D eigenvalue weighted by atomic mass is 9.77. The molecule has 5 nitrogen and oxygen atoms in total. The van der Waals surface area contributed by atoms with Gasteiger partial charge in [0, 0.05) is 12.1 Å². The van der Waals surface area contributed by atoms with Crippen molar-refractivity contribution in [3.05, 3.63) is 26.8 Å². The second-order valence-electron chi connectivity index (χ2n) is 8.31. The summed E-state index contributed by atoms with van der Waals surface area (Å²) in [5.74, 6) is 0. The molecule has 0 aliphatic carbocycles. The molecule has 1 fully saturated rings. The summed E-state index contributed by atoms with van der Waals surface area (Å²) in [7, 11) is -0.578. The molecule has 0 radical (unpaired) electrons. The fourth-order valence-electron chi connectivity index (χ4n) is 2.29. The number of rotatable bonds is 4. The van der Waals surface area contributed by atoms with E-state index in [2.05, 4.69) is 5.32 Å². The lowest BCUT2D eigenvalue weighted by molar-refractivity contribution is 0.00578. The van der Waals surface area contributed by atoms with Gasteiger partial charge in [-0.2, -0.15) is 0 Å². The van der Waals surface area contributed by atoms with Crippen LogP contribution in [0.1, 0.15) is 54.0 Å². The van der Waals surface area contributed by atoms with Gasteiger partial charge in [-0.25, -0.2) is 4.79 Å². The topological polar surface area (TPSA) is 56.8 Å². The number of halogens is 1. The normalized spacial score (nSPS) is 19.5. The number of carbonyl (C=O) groups excluding carboxylic acids is 1. The van der Waals surface area contributed by atoms with Gasteiger partial charge in [-0.3, -0.25) is 0 Å². The molecule has 8 heteroatoms. The zero-order valence-electron chi connectivity index (χ0n) is 16.4. The molecule has 1 amide bonds. The SMILES string of the molecule is CC(C)(C)OC(=O)NCC(=Cc1ccsc1Cl)B1OC(C)(C)C(C)(C)O1. The Morgan fingerprint density at radius 1 is 1.31 bits per heavy atom. The van der Waals surface area contributed by atoms with Crippen molar-refractivity contribution in [3.8, 4) is 0 Å². The molecule has 1 aromatic heterocycles. The van der Waals surface area contributed by atoms with Gasteiger partial charge in [0.25, 0.3) is 0 Å². The molecule has 1 aliphatic heterocycles. The average molecular weight is 400 g/mol. The van der Waals surface area contributed by atoms with Crippen LogP contribution in [-0.2, 0) is 14.0 Å². The number of carbonyl (C=O) groups is 1. The standard InChI is InChI=1S/C18H27BClNO4S/c1-16(2,3)23-15(22)21-11-13(10-12-8-9-26-14(12)20)19-24-17(4,5)18(6,7)25-19/h8-10H,11H2,1-7H3,(H,21,22). The highest BCUT2D eigenvalue weighted by Crippen LogP contribution is 2.39. The second-order valence-corrected chi connectivity index (χ2v) is 9.83. The van der Waals surface area contributed by atoms with Gasteiger partial charge < -0.3 is 19.4 Å². The third-order valence-electron chi connectivity index (χ3n) is 4.38. The molecule has 144 valence electrons. The molecule has 1 N–H and O–H groups in total. The van der Waals surface area contributed by atoms with E-state index in [-0.39, 0.29) is 6.54 Å². The number of nitrogens with one attached hydrogen (secondary N) is 1. The third kappa shape index (κ3) is 5.25. The van der Waals surface area contributed by atoms with Crippen LogP contribution in [0.15, 0.2) is 16.9 Å². The maximum atomic E-state index is 12.0. The van der Waals surface area contributed by atoms with Crippen LogP contribution >= 0.6 is 22.9 Å². The smallest absolute Gasteiger partial charge is 0.444 e. The maximum absolute atomic E-state index is 12.0. The van der Waals surface area contributed by atoms with Crippen molar-refractivity contribution in [1.29, 1.82) is 0 Å². The minimum Gasteiger partial charge on any atom is -0.444 e. The summed E-state index contributed by atoms with van der Waals surface area (Å²) in [5, 5.41) is 4.69. The first-order chi connectivity index (χ1) is 11.8. The molecule has 0 atom stereocenters. The van der Waals surface area contributed by atoms with Gasteiger partial charge in [0.2, 0.25) is 0 Å². The predicted octanol–water partition coefficient (Wildman–Crippen LogP) is 4.94. The number of hydrogen-bond acceptors (Lipinski definition) is 5. The second kappa shape index (κ2) is 7.54. The number of ether oxygens (including phenoxy) is 1. The summed E-state index contributed by atoms with van der Waals surface area (Å²) in [4.78, 5) is 12.0. The van der Waals surface area contributed by atoms with Gasteiger partial charge in [0.05, 0.1) is 11.2 Å². The van der Waals surface area contributed by atoms with Crippen LogP contribution in [0.5, 0.6) is 0 Å². The molecule has 1 aromatic rings. The Balaban J connectivity index is 2.20. The Kier molecular flexibility index (Phi) is 6.18. The first-order valence-corrected chi connectivity index (χ1v) is 9.82. The molecule has 2 heterocycles. The van der Waals surface area contributed by atoms with Gasteiger partial charge in [-0.05, 0) is 65.4 Å². The summed E-state index contributed by atoms with van der Waals surface area (Å²) in [6, 6.07) is 1.92. The maximum Gasteiger partial charge on any atom is 0.492 e. The van der Waals surface area contributed by atoms with Crippen LogP contribution < -0.4 is 5.32 Å². The van der Waals surface area contributed by atoms with E-state index < -0.39 is 30.0 Å². The highest BCUT2D eigenvalue weighted by atomic mass is 35.5. The Morgan fingerprint density at radius 2 is 1.88 bits per heavy atom. The third-order valence-corrected chi connectivity index (χ3v) is 5.58. The number of thiophene rings is 1. The number of hydrogen-bond donors (Lipinski definition) is 1. The van der Waals surface area contributed by atoms with Gasteiger partial charge >= 0.3 is 13.2 Å². The zero-order valence-corrected chi connectivity index (χ0v) is 18.0. The molecule has 0 saturated carbocycles.